The predicted molar refractivity (Wildman–Crippen MR) is 67.3 cm³/mol. The fraction of sp³-hybridized carbons (Fsp3) is 0.385. The van der Waals surface area contributed by atoms with Crippen LogP contribution < -0.4 is 5.73 Å². The van der Waals surface area contributed by atoms with Gasteiger partial charge in [0.05, 0.1) is 0 Å². The standard InChI is InChI=1S/C13H16F2N4/c1-2-6-19-12(17-8-18-19)7-11(16)13-9(14)4-3-5-10(13)15/h3-5,8,11H,2,6-7,16H2,1H3. The summed E-state index contributed by atoms with van der Waals surface area (Å²) in [5.41, 5.74) is 5.79. The molecule has 6 heteroatoms. The Kier molecular flexibility index (Phi) is 4.21. The Morgan fingerprint density at radius 3 is 2.63 bits per heavy atom. The summed E-state index contributed by atoms with van der Waals surface area (Å²) in [6, 6.07) is 2.95. The molecule has 0 aliphatic rings. The van der Waals surface area contributed by atoms with Crippen molar-refractivity contribution in [2.24, 2.45) is 5.73 Å². The van der Waals surface area contributed by atoms with Crippen LogP contribution in [-0.2, 0) is 13.0 Å². The minimum Gasteiger partial charge on any atom is -0.323 e. The van der Waals surface area contributed by atoms with Gasteiger partial charge in [-0.05, 0) is 18.6 Å². The second kappa shape index (κ2) is 5.88. The molecule has 2 N–H and O–H groups in total. The van der Waals surface area contributed by atoms with E-state index in [2.05, 4.69) is 10.1 Å². The first kappa shape index (κ1) is 13.6. The third kappa shape index (κ3) is 2.96. The van der Waals surface area contributed by atoms with Crippen molar-refractivity contribution in [2.45, 2.75) is 32.4 Å². The second-order valence-corrected chi connectivity index (χ2v) is 4.35. The first-order chi connectivity index (χ1) is 9.13. The molecule has 2 aromatic rings. The van der Waals surface area contributed by atoms with Gasteiger partial charge in [0.1, 0.15) is 23.8 Å². The summed E-state index contributed by atoms with van der Waals surface area (Å²) in [6.07, 6.45) is 2.58. The largest absolute Gasteiger partial charge is 0.323 e. The number of aromatic nitrogens is 3. The molecular weight excluding hydrogens is 250 g/mol. The maximum atomic E-state index is 13.6. The topological polar surface area (TPSA) is 56.7 Å². The molecule has 1 aromatic carbocycles. The van der Waals surface area contributed by atoms with Crippen LogP contribution >= 0.6 is 0 Å². The molecule has 0 amide bonds. The average Bonchev–Trinajstić information content (AvgIpc) is 2.77. The summed E-state index contributed by atoms with van der Waals surface area (Å²) in [7, 11) is 0. The van der Waals surface area contributed by atoms with Crippen molar-refractivity contribution in [1.29, 1.82) is 0 Å². The summed E-state index contributed by atoms with van der Waals surface area (Å²) in [5.74, 6) is -0.625. The van der Waals surface area contributed by atoms with Gasteiger partial charge in [-0.1, -0.05) is 13.0 Å². The number of rotatable bonds is 5. The number of hydrogen-bond donors (Lipinski definition) is 1. The summed E-state index contributed by atoms with van der Waals surface area (Å²) in [6.45, 7) is 2.73. The molecule has 0 bridgehead atoms. The molecule has 19 heavy (non-hydrogen) atoms. The van der Waals surface area contributed by atoms with E-state index in [9.17, 15) is 8.78 Å². The van der Waals surface area contributed by atoms with Gasteiger partial charge in [-0.25, -0.2) is 13.8 Å². The molecule has 0 saturated heterocycles. The van der Waals surface area contributed by atoms with E-state index in [1.807, 2.05) is 6.92 Å². The molecule has 1 heterocycles. The fourth-order valence-corrected chi connectivity index (χ4v) is 2.01. The van der Waals surface area contributed by atoms with Crippen LogP contribution in [0.3, 0.4) is 0 Å². The van der Waals surface area contributed by atoms with Gasteiger partial charge in [-0.3, -0.25) is 4.68 Å². The second-order valence-electron chi connectivity index (χ2n) is 4.35. The van der Waals surface area contributed by atoms with Crippen LogP contribution in [0, 0.1) is 11.6 Å². The highest BCUT2D eigenvalue weighted by Gasteiger charge is 2.19. The third-order valence-electron chi connectivity index (χ3n) is 2.90. The van der Waals surface area contributed by atoms with E-state index in [4.69, 9.17) is 5.73 Å². The van der Waals surface area contributed by atoms with Crippen molar-refractivity contribution < 1.29 is 8.78 Å². The van der Waals surface area contributed by atoms with Gasteiger partial charge in [-0.15, -0.1) is 0 Å². The molecule has 1 unspecified atom stereocenters. The zero-order chi connectivity index (χ0) is 13.8. The molecule has 1 atom stereocenters. The number of nitrogens with zero attached hydrogens (tertiary/aromatic N) is 3. The Hall–Kier alpha value is -1.82. The SMILES string of the molecule is CCCn1ncnc1CC(N)c1c(F)cccc1F. The lowest BCUT2D eigenvalue weighted by molar-refractivity contribution is 0.503. The predicted octanol–water partition coefficient (Wildman–Crippen LogP) is 2.21. The fourth-order valence-electron chi connectivity index (χ4n) is 2.01. The van der Waals surface area contributed by atoms with Crippen molar-refractivity contribution in [2.75, 3.05) is 0 Å². The van der Waals surface area contributed by atoms with Crippen LogP contribution in [0.15, 0.2) is 24.5 Å². The van der Waals surface area contributed by atoms with Crippen molar-refractivity contribution in [3.63, 3.8) is 0 Å². The van der Waals surface area contributed by atoms with E-state index in [1.54, 1.807) is 4.68 Å². The number of halogens is 2. The summed E-state index contributed by atoms with van der Waals surface area (Å²) in [5, 5.41) is 4.06. The lowest BCUT2D eigenvalue weighted by Crippen LogP contribution is -2.19. The molecule has 0 spiro atoms. The van der Waals surface area contributed by atoms with Gasteiger partial charge in [0.2, 0.25) is 0 Å². The first-order valence-corrected chi connectivity index (χ1v) is 6.19. The molecule has 2 rings (SSSR count). The molecule has 0 radical (unpaired) electrons. The van der Waals surface area contributed by atoms with Crippen LogP contribution in [-0.4, -0.2) is 14.8 Å². The normalized spacial score (nSPS) is 12.6. The Labute approximate surface area is 110 Å². The number of nitrogens with two attached hydrogens (primary N) is 1. The minimum atomic E-state index is -0.777. The number of hydrogen-bond acceptors (Lipinski definition) is 3. The lowest BCUT2D eigenvalue weighted by atomic mass is 10.0. The smallest absolute Gasteiger partial charge is 0.138 e. The van der Waals surface area contributed by atoms with Gasteiger partial charge in [0, 0.05) is 24.6 Å². The zero-order valence-electron chi connectivity index (χ0n) is 10.7. The number of aryl methyl sites for hydroxylation is 1. The average molecular weight is 266 g/mol. The Morgan fingerprint density at radius 2 is 2.00 bits per heavy atom. The maximum Gasteiger partial charge on any atom is 0.138 e. The van der Waals surface area contributed by atoms with Crippen molar-refractivity contribution in [3.8, 4) is 0 Å². The Morgan fingerprint density at radius 1 is 1.32 bits per heavy atom. The molecular formula is C13H16F2N4. The zero-order valence-corrected chi connectivity index (χ0v) is 10.7. The molecule has 0 saturated carbocycles. The van der Waals surface area contributed by atoms with Crippen LogP contribution in [0.4, 0.5) is 8.78 Å². The summed E-state index contributed by atoms with van der Waals surface area (Å²) in [4.78, 5) is 4.09. The van der Waals surface area contributed by atoms with Gasteiger partial charge in [0.25, 0.3) is 0 Å². The highest BCUT2D eigenvalue weighted by Crippen LogP contribution is 2.21. The Bertz CT molecular complexity index is 533. The Balaban J connectivity index is 2.21. The number of benzene rings is 1. The van der Waals surface area contributed by atoms with Gasteiger partial charge >= 0.3 is 0 Å². The van der Waals surface area contributed by atoms with Crippen molar-refractivity contribution in [1.82, 2.24) is 14.8 Å². The minimum absolute atomic E-state index is 0.103. The third-order valence-corrected chi connectivity index (χ3v) is 2.90. The molecule has 102 valence electrons. The molecule has 0 aliphatic heterocycles. The van der Waals surface area contributed by atoms with Crippen molar-refractivity contribution in [3.05, 3.63) is 47.5 Å². The molecule has 0 aliphatic carbocycles. The summed E-state index contributed by atoms with van der Waals surface area (Å²) < 4.78 is 28.9. The van der Waals surface area contributed by atoms with E-state index in [-0.39, 0.29) is 12.0 Å². The van der Waals surface area contributed by atoms with E-state index < -0.39 is 17.7 Å². The maximum absolute atomic E-state index is 13.6. The molecule has 0 fully saturated rings. The highest BCUT2D eigenvalue weighted by molar-refractivity contribution is 5.23. The summed E-state index contributed by atoms with van der Waals surface area (Å²) >= 11 is 0. The van der Waals surface area contributed by atoms with Crippen LogP contribution in [0.25, 0.3) is 0 Å². The molecule has 1 aromatic heterocycles. The highest BCUT2D eigenvalue weighted by atomic mass is 19.1. The van der Waals surface area contributed by atoms with E-state index in [0.29, 0.717) is 12.4 Å². The van der Waals surface area contributed by atoms with Crippen LogP contribution in [0.2, 0.25) is 0 Å². The quantitative estimate of drug-likeness (QED) is 0.902. The van der Waals surface area contributed by atoms with E-state index >= 15 is 0 Å². The molecule has 4 nitrogen and oxygen atoms in total. The monoisotopic (exact) mass is 266 g/mol. The van der Waals surface area contributed by atoms with E-state index in [0.717, 1.165) is 6.42 Å². The van der Waals surface area contributed by atoms with Gasteiger partial charge in [0.15, 0.2) is 0 Å². The van der Waals surface area contributed by atoms with Crippen LogP contribution in [0.1, 0.15) is 30.8 Å². The van der Waals surface area contributed by atoms with E-state index in [1.165, 1.54) is 24.5 Å². The lowest BCUT2D eigenvalue weighted by Gasteiger charge is -2.14. The van der Waals surface area contributed by atoms with Crippen LogP contribution in [0.5, 0.6) is 0 Å². The van der Waals surface area contributed by atoms with Crippen molar-refractivity contribution >= 4 is 0 Å². The first-order valence-electron chi connectivity index (χ1n) is 6.19. The van der Waals surface area contributed by atoms with Gasteiger partial charge in [-0.2, -0.15) is 5.10 Å². The van der Waals surface area contributed by atoms with Gasteiger partial charge < -0.3 is 5.73 Å².